The van der Waals surface area contributed by atoms with Crippen LogP contribution in [0.25, 0.3) is 0 Å². The molecule has 1 atom stereocenters. The van der Waals surface area contributed by atoms with E-state index in [1.54, 1.807) is 0 Å². The molecule has 1 N–H and O–H groups in total. The predicted molar refractivity (Wildman–Crippen MR) is 62.4 cm³/mol. The van der Waals surface area contributed by atoms with Crippen molar-refractivity contribution in [2.75, 3.05) is 18.1 Å². The van der Waals surface area contributed by atoms with E-state index in [9.17, 15) is 0 Å². The Balaban J connectivity index is 1.72. The lowest BCUT2D eigenvalue weighted by molar-refractivity contribution is 0.635. The Bertz CT molecular complexity index is 123. The van der Waals surface area contributed by atoms with Crippen molar-refractivity contribution in [2.24, 2.45) is 5.92 Å². The fourth-order valence-corrected chi connectivity index (χ4v) is 2.32. The van der Waals surface area contributed by atoms with Gasteiger partial charge in [-0.05, 0) is 43.2 Å². The lowest BCUT2D eigenvalue weighted by atomic mass is 10.2. The standard InChI is InChI=1S/C11H23NS/c1-3-10(2)9-13-8-4-7-12-11-5-6-11/h10-12H,3-9H2,1-2H3. The van der Waals surface area contributed by atoms with Crippen molar-refractivity contribution in [1.82, 2.24) is 5.32 Å². The van der Waals surface area contributed by atoms with Gasteiger partial charge in [-0.25, -0.2) is 0 Å². The van der Waals surface area contributed by atoms with Crippen LogP contribution in [-0.2, 0) is 0 Å². The van der Waals surface area contributed by atoms with Gasteiger partial charge in [-0.2, -0.15) is 11.8 Å². The maximum Gasteiger partial charge on any atom is 0.00682 e. The van der Waals surface area contributed by atoms with Crippen LogP contribution in [0, 0.1) is 5.92 Å². The third-order valence-corrected chi connectivity index (χ3v) is 3.96. The summed E-state index contributed by atoms with van der Waals surface area (Å²) in [6.45, 7) is 5.85. The second kappa shape index (κ2) is 6.72. The van der Waals surface area contributed by atoms with E-state index in [1.807, 2.05) is 0 Å². The molecule has 1 fully saturated rings. The molecular weight excluding hydrogens is 178 g/mol. The minimum absolute atomic E-state index is 0.888. The Hall–Kier alpha value is 0.310. The highest BCUT2D eigenvalue weighted by Crippen LogP contribution is 2.18. The zero-order chi connectivity index (χ0) is 9.52. The summed E-state index contributed by atoms with van der Waals surface area (Å²) >= 11 is 2.12. The van der Waals surface area contributed by atoms with E-state index >= 15 is 0 Å². The summed E-state index contributed by atoms with van der Waals surface area (Å²) in [7, 11) is 0. The molecule has 78 valence electrons. The average molecular weight is 201 g/mol. The molecule has 1 saturated carbocycles. The Kier molecular flexibility index (Phi) is 5.88. The first-order valence-electron chi connectivity index (χ1n) is 5.64. The highest BCUT2D eigenvalue weighted by Gasteiger charge is 2.19. The van der Waals surface area contributed by atoms with Crippen molar-refractivity contribution in [3.05, 3.63) is 0 Å². The quantitative estimate of drug-likeness (QED) is 0.606. The van der Waals surface area contributed by atoms with Crippen LogP contribution < -0.4 is 5.32 Å². The molecule has 2 heteroatoms. The van der Waals surface area contributed by atoms with Crippen molar-refractivity contribution in [3.63, 3.8) is 0 Å². The van der Waals surface area contributed by atoms with Gasteiger partial charge < -0.3 is 5.32 Å². The summed E-state index contributed by atoms with van der Waals surface area (Å²) in [6.07, 6.45) is 5.50. The molecule has 0 amide bonds. The number of nitrogens with one attached hydrogen (secondary N) is 1. The molecule has 0 bridgehead atoms. The molecule has 1 rings (SSSR count). The van der Waals surface area contributed by atoms with Gasteiger partial charge in [-0.3, -0.25) is 0 Å². The monoisotopic (exact) mass is 201 g/mol. The smallest absolute Gasteiger partial charge is 0.00682 e. The molecule has 1 unspecified atom stereocenters. The topological polar surface area (TPSA) is 12.0 Å². The predicted octanol–water partition coefficient (Wildman–Crippen LogP) is 2.91. The van der Waals surface area contributed by atoms with Gasteiger partial charge in [0.25, 0.3) is 0 Å². The third kappa shape index (κ3) is 6.39. The summed E-state index contributed by atoms with van der Waals surface area (Å²) in [5, 5.41) is 3.55. The van der Waals surface area contributed by atoms with Crippen molar-refractivity contribution in [3.8, 4) is 0 Å². The first kappa shape index (κ1) is 11.4. The molecule has 1 aliphatic carbocycles. The molecule has 0 aliphatic heterocycles. The van der Waals surface area contributed by atoms with Gasteiger partial charge in [0.2, 0.25) is 0 Å². The van der Waals surface area contributed by atoms with E-state index in [0.29, 0.717) is 0 Å². The van der Waals surface area contributed by atoms with E-state index in [2.05, 4.69) is 30.9 Å². The van der Waals surface area contributed by atoms with E-state index in [0.717, 1.165) is 12.0 Å². The van der Waals surface area contributed by atoms with Crippen LogP contribution in [0.15, 0.2) is 0 Å². The molecule has 1 aliphatic rings. The second-order valence-electron chi connectivity index (χ2n) is 4.17. The maximum atomic E-state index is 3.55. The van der Waals surface area contributed by atoms with Crippen molar-refractivity contribution >= 4 is 11.8 Å². The fourth-order valence-electron chi connectivity index (χ4n) is 1.17. The van der Waals surface area contributed by atoms with Gasteiger partial charge >= 0.3 is 0 Å². The van der Waals surface area contributed by atoms with Gasteiger partial charge in [0, 0.05) is 6.04 Å². The van der Waals surface area contributed by atoms with Crippen LogP contribution in [0.3, 0.4) is 0 Å². The SMILES string of the molecule is CCC(C)CSCCCNC1CC1. The molecule has 13 heavy (non-hydrogen) atoms. The van der Waals surface area contributed by atoms with E-state index in [4.69, 9.17) is 0 Å². The molecule has 0 aromatic carbocycles. The molecule has 0 aromatic heterocycles. The highest BCUT2D eigenvalue weighted by atomic mass is 32.2. The van der Waals surface area contributed by atoms with Crippen LogP contribution in [0.1, 0.15) is 39.5 Å². The lowest BCUT2D eigenvalue weighted by Gasteiger charge is -2.07. The zero-order valence-electron chi connectivity index (χ0n) is 9.01. The fraction of sp³-hybridized carbons (Fsp3) is 1.00. The minimum Gasteiger partial charge on any atom is -0.314 e. The number of hydrogen-bond donors (Lipinski definition) is 1. The Morgan fingerprint density at radius 3 is 2.85 bits per heavy atom. The van der Waals surface area contributed by atoms with Crippen LogP contribution in [-0.4, -0.2) is 24.1 Å². The maximum absolute atomic E-state index is 3.55. The Morgan fingerprint density at radius 1 is 1.46 bits per heavy atom. The number of hydrogen-bond acceptors (Lipinski definition) is 2. The average Bonchev–Trinajstić information content (AvgIpc) is 2.94. The van der Waals surface area contributed by atoms with Crippen LogP contribution in [0.5, 0.6) is 0 Å². The summed E-state index contributed by atoms with van der Waals surface area (Å²) in [4.78, 5) is 0. The van der Waals surface area contributed by atoms with Gasteiger partial charge in [0.15, 0.2) is 0 Å². The molecule has 0 spiro atoms. The molecule has 0 aromatic rings. The first-order valence-corrected chi connectivity index (χ1v) is 6.79. The van der Waals surface area contributed by atoms with E-state index < -0.39 is 0 Å². The summed E-state index contributed by atoms with van der Waals surface area (Å²) in [6, 6.07) is 0.888. The van der Waals surface area contributed by atoms with Gasteiger partial charge in [0.1, 0.15) is 0 Å². The number of thioether (sulfide) groups is 1. The normalized spacial score (nSPS) is 18.9. The van der Waals surface area contributed by atoms with Crippen molar-refractivity contribution in [2.45, 2.75) is 45.6 Å². The lowest BCUT2D eigenvalue weighted by Crippen LogP contribution is -2.17. The molecule has 0 radical (unpaired) electrons. The molecule has 0 saturated heterocycles. The van der Waals surface area contributed by atoms with Gasteiger partial charge in [-0.15, -0.1) is 0 Å². The van der Waals surface area contributed by atoms with E-state index in [1.165, 1.54) is 43.7 Å². The highest BCUT2D eigenvalue weighted by molar-refractivity contribution is 7.99. The first-order chi connectivity index (χ1) is 6.33. The summed E-state index contributed by atoms with van der Waals surface area (Å²) in [5.74, 6) is 3.59. The second-order valence-corrected chi connectivity index (χ2v) is 5.32. The number of rotatable bonds is 8. The minimum atomic E-state index is 0.888. The zero-order valence-corrected chi connectivity index (χ0v) is 9.83. The van der Waals surface area contributed by atoms with E-state index in [-0.39, 0.29) is 0 Å². The van der Waals surface area contributed by atoms with Crippen molar-refractivity contribution < 1.29 is 0 Å². The van der Waals surface area contributed by atoms with Crippen LogP contribution in [0.4, 0.5) is 0 Å². The Labute approximate surface area is 87.1 Å². The molecular formula is C11H23NS. The summed E-state index contributed by atoms with van der Waals surface area (Å²) < 4.78 is 0. The van der Waals surface area contributed by atoms with Gasteiger partial charge in [-0.1, -0.05) is 20.3 Å². The van der Waals surface area contributed by atoms with Crippen LogP contribution >= 0.6 is 11.8 Å². The van der Waals surface area contributed by atoms with Crippen molar-refractivity contribution in [1.29, 1.82) is 0 Å². The summed E-state index contributed by atoms with van der Waals surface area (Å²) in [5.41, 5.74) is 0. The molecule has 0 heterocycles. The largest absolute Gasteiger partial charge is 0.314 e. The third-order valence-electron chi connectivity index (χ3n) is 2.58. The van der Waals surface area contributed by atoms with Gasteiger partial charge in [0.05, 0.1) is 0 Å². The molecule has 1 nitrogen and oxygen atoms in total. The van der Waals surface area contributed by atoms with Crippen LogP contribution in [0.2, 0.25) is 0 Å². The Morgan fingerprint density at radius 2 is 2.23 bits per heavy atom.